The predicted molar refractivity (Wildman–Crippen MR) is 93.6 cm³/mol. The topological polar surface area (TPSA) is 72.4 Å². The van der Waals surface area contributed by atoms with Gasteiger partial charge in [0.2, 0.25) is 11.8 Å². The molecule has 6 heteroatoms. The lowest BCUT2D eigenvalue weighted by atomic mass is 9.92. The normalized spacial score (nSPS) is 19.3. The molecule has 0 bridgehead atoms. The van der Waals surface area contributed by atoms with Crippen LogP contribution < -0.4 is 5.73 Å². The first-order valence-corrected chi connectivity index (χ1v) is 8.64. The number of nitrogens with zero attached hydrogens (tertiary/aromatic N) is 2. The van der Waals surface area contributed by atoms with Crippen LogP contribution in [0.3, 0.4) is 0 Å². The Kier molecular flexibility index (Phi) is 5.21. The van der Waals surface area contributed by atoms with Gasteiger partial charge in [0.1, 0.15) is 6.26 Å². The van der Waals surface area contributed by atoms with Crippen molar-refractivity contribution in [2.45, 2.75) is 32.2 Å². The van der Waals surface area contributed by atoms with Crippen molar-refractivity contribution >= 4 is 17.5 Å². The van der Waals surface area contributed by atoms with Crippen molar-refractivity contribution in [3.63, 3.8) is 0 Å². The first kappa shape index (κ1) is 17.0. The number of halogens is 1. The minimum Gasteiger partial charge on any atom is -0.444 e. The number of carbonyl (C=O) groups excluding carboxylic acids is 1. The van der Waals surface area contributed by atoms with Crippen molar-refractivity contribution in [1.82, 2.24) is 9.88 Å². The molecular weight excluding hydrogens is 326 g/mol. The molecule has 2 N–H and O–H groups in total. The maximum Gasteiger partial charge on any atom is 0.228 e. The van der Waals surface area contributed by atoms with Crippen LogP contribution in [-0.2, 0) is 11.2 Å². The molecule has 24 heavy (non-hydrogen) atoms. The number of carbonyl (C=O) groups is 1. The molecule has 0 aliphatic carbocycles. The third-order valence-electron chi connectivity index (χ3n) is 4.53. The van der Waals surface area contributed by atoms with Crippen LogP contribution in [-0.4, -0.2) is 34.9 Å². The summed E-state index contributed by atoms with van der Waals surface area (Å²) in [5, 5.41) is 0.662. The van der Waals surface area contributed by atoms with E-state index in [4.69, 9.17) is 21.8 Å². The van der Waals surface area contributed by atoms with Gasteiger partial charge in [-0.05, 0) is 49.9 Å². The van der Waals surface area contributed by atoms with Crippen LogP contribution in [0.5, 0.6) is 0 Å². The zero-order valence-electron chi connectivity index (χ0n) is 13.7. The number of rotatable bonds is 4. The minimum absolute atomic E-state index is 0.0799. The zero-order valence-corrected chi connectivity index (χ0v) is 14.5. The Morgan fingerprint density at radius 3 is 2.92 bits per heavy atom. The molecule has 1 fully saturated rings. The molecule has 5 nitrogen and oxygen atoms in total. The Balaban J connectivity index is 1.64. The second kappa shape index (κ2) is 7.36. The number of piperidine rings is 1. The van der Waals surface area contributed by atoms with Gasteiger partial charge in [-0.3, -0.25) is 4.79 Å². The molecule has 1 aliphatic rings. The second-order valence-electron chi connectivity index (χ2n) is 6.43. The third-order valence-corrected chi connectivity index (χ3v) is 4.78. The number of likely N-dealkylation sites (tertiary alicyclic amines) is 1. The van der Waals surface area contributed by atoms with E-state index in [1.54, 1.807) is 18.4 Å². The quantitative estimate of drug-likeness (QED) is 0.922. The largest absolute Gasteiger partial charge is 0.444 e. The van der Waals surface area contributed by atoms with E-state index in [9.17, 15) is 4.79 Å². The van der Waals surface area contributed by atoms with E-state index in [0.717, 1.165) is 31.5 Å². The summed E-state index contributed by atoms with van der Waals surface area (Å²) in [6.07, 6.45) is 3.90. The fourth-order valence-corrected chi connectivity index (χ4v) is 3.17. The molecule has 1 amide bonds. The van der Waals surface area contributed by atoms with Gasteiger partial charge in [-0.25, -0.2) is 4.98 Å². The molecule has 3 rings (SSSR count). The summed E-state index contributed by atoms with van der Waals surface area (Å²) in [4.78, 5) is 18.8. The molecule has 128 valence electrons. The van der Waals surface area contributed by atoms with Crippen LogP contribution >= 0.6 is 11.6 Å². The first-order valence-electron chi connectivity index (χ1n) is 8.26. The monoisotopic (exact) mass is 347 g/mol. The molecule has 2 aromatic rings. The SMILES string of the molecule is CC(N)C1CCCN(C(=O)Cc2coc(-c3ccc(Cl)cc3)n2)C1. The Labute approximate surface area is 146 Å². The van der Waals surface area contributed by atoms with Crippen molar-refractivity contribution in [1.29, 1.82) is 0 Å². The molecule has 2 unspecified atom stereocenters. The number of hydrogen-bond donors (Lipinski definition) is 1. The maximum absolute atomic E-state index is 12.5. The number of nitrogens with two attached hydrogens (primary N) is 1. The van der Waals surface area contributed by atoms with Gasteiger partial charge in [0.05, 0.1) is 12.1 Å². The summed E-state index contributed by atoms with van der Waals surface area (Å²) in [7, 11) is 0. The van der Waals surface area contributed by atoms with E-state index in [2.05, 4.69) is 4.98 Å². The lowest BCUT2D eigenvalue weighted by Crippen LogP contribution is -2.45. The number of oxazole rings is 1. The van der Waals surface area contributed by atoms with Gasteiger partial charge in [-0.1, -0.05) is 11.6 Å². The van der Waals surface area contributed by atoms with Crippen LogP contribution in [0.2, 0.25) is 5.02 Å². The fraction of sp³-hybridized carbons (Fsp3) is 0.444. The van der Waals surface area contributed by atoms with Crippen molar-refractivity contribution < 1.29 is 9.21 Å². The van der Waals surface area contributed by atoms with Crippen LogP contribution in [0.1, 0.15) is 25.5 Å². The van der Waals surface area contributed by atoms with Gasteiger partial charge < -0.3 is 15.1 Å². The van der Waals surface area contributed by atoms with Crippen LogP contribution in [0.15, 0.2) is 34.9 Å². The van der Waals surface area contributed by atoms with Crippen molar-refractivity contribution in [2.75, 3.05) is 13.1 Å². The van der Waals surface area contributed by atoms with E-state index in [-0.39, 0.29) is 18.4 Å². The van der Waals surface area contributed by atoms with Crippen LogP contribution in [0, 0.1) is 5.92 Å². The van der Waals surface area contributed by atoms with Gasteiger partial charge in [0, 0.05) is 29.7 Å². The smallest absolute Gasteiger partial charge is 0.228 e. The van der Waals surface area contributed by atoms with E-state index in [1.165, 1.54) is 0 Å². The molecule has 2 atom stereocenters. The number of benzene rings is 1. The Morgan fingerprint density at radius 2 is 2.21 bits per heavy atom. The van der Waals surface area contributed by atoms with Gasteiger partial charge >= 0.3 is 0 Å². The summed E-state index contributed by atoms with van der Waals surface area (Å²) in [5.74, 6) is 0.961. The third kappa shape index (κ3) is 3.97. The highest BCUT2D eigenvalue weighted by molar-refractivity contribution is 6.30. The predicted octanol–water partition coefficient (Wildman–Crippen LogP) is 3.12. The van der Waals surface area contributed by atoms with Gasteiger partial charge in [0.15, 0.2) is 0 Å². The van der Waals surface area contributed by atoms with Crippen LogP contribution in [0.25, 0.3) is 11.5 Å². The molecule has 2 heterocycles. The van der Waals surface area contributed by atoms with Crippen molar-refractivity contribution in [3.8, 4) is 11.5 Å². The molecule has 0 saturated carbocycles. The summed E-state index contributed by atoms with van der Waals surface area (Å²) >= 11 is 5.88. The number of aromatic nitrogens is 1. The second-order valence-corrected chi connectivity index (χ2v) is 6.87. The minimum atomic E-state index is 0.0799. The number of hydrogen-bond acceptors (Lipinski definition) is 4. The Morgan fingerprint density at radius 1 is 1.46 bits per heavy atom. The zero-order chi connectivity index (χ0) is 17.1. The summed E-state index contributed by atoms with van der Waals surface area (Å²) in [5.41, 5.74) is 7.47. The standard InChI is InChI=1S/C18H22ClN3O2/c1-12(20)14-3-2-8-22(10-14)17(23)9-16-11-24-18(21-16)13-4-6-15(19)7-5-13/h4-7,11-12,14H,2-3,8-10,20H2,1H3. The van der Waals surface area contributed by atoms with Crippen molar-refractivity contribution in [3.05, 3.63) is 41.2 Å². The summed E-state index contributed by atoms with van der Waals surface area (Å²) < 4.78 is 5.49. The van der Waals surface area contributed by atoms with Gasteiger partial charge in [-0.15, -0.1) is 0 Å². The van der Waals surface area contributed by atoms with Crippen LogP contribution in [0.4, 0.5) is 0 Å². The average Bonchev–Trinajstić information content (AvgIpc) is 3.04. The Hall–Kier alpha value is -1.85. The highest BCUT2D eigenvalue weighted by atomic mass is 35.5. The van der Waals surface area contributed by atoms with Gasteiger partial charge in [-0.2, -0.15) is 0 Å². The lowest BCUT2D eigenvalue weighted by molar-refractivity contribution is -0.132. The molecular formula is C18H22ClN3O2. The summed E-state index contributed by atoms with van der Waals surface area (Å²) in [6.45, 7) is 3.54. The summed E-state index contributed by atoms with van der Waals surface area (Å²) in [6, 6.07) is 7.38. The molecule has 1 aromatic carbocycles. The molecule has 1 aliphatic heterocycles. The maximum atomic E-state index is 12.5. The van der Waals surface area contributed by atoms with E-state index < -0.39 is 0 Å². The van der Waals surface area contributed by atoms with Crippen molar-refractivity contribution in [2.24, 2.45) is 11.7 Å². The molecule has 0 spiro atoms. The Bertz CT molecular complexity index is 697. The molecule has 1 aromatic heterocycles. The van der Waals surface area contributed by atoms with E-state index >= 15 is 0 Å². The number of amides is 1. The lowest BCUT2D eigenvalue weighted by Gasteiger charge is -2.34. The molecule has 1 saturated heterocycles. The van der Waals surface area contributed by atoms with Gasteiger partial charge in [0.25, 0.3) is 0 Å². The van der Waals surface area contributed by atoms with E-state index in [1.807, 2.05) is 24.0 Å². The average molecular weight is 348 g/mol. The van der Waals surface area contributed by atoms with E-state index in [0.29, 0.717) is 22.5 Å². The fourth-order valence-electron chi connectivity index (χ4n) is 3.05. The molecule has 0 radical (unpaired) electrons. The highest BCUT2D eigenvalue weighted by Crippen LogP contribution is 2.22. The first-order chi connectivity index (χ1) is 11.5. The highest BCUT2D eigenvalue weighted by Gasteiger charge is 2.26.